The Morgan fingerprint density at radius 2 is 1.83 bits per heavy atom. The molecule has 4 heteroatoms. The number of ether oxygens (including phenoxy) is 1. The molecule has 4 nitrogen and oxygen atoms in total. The van der Waals surface area contributed by atoms with Crippen LogP contribution in [0.15, 0.2) is 30.3 Å². The van der Waals surface area contributed by atoms with Crippen molar-refractivity contribution in [3.05, 3.63) is 36.0 Å². The molecular weight excluding hydrogens is 288 g/mol. The second kappa shape index (κ2) is 5.84. The predicted octanol–water partition coefficient (Wildman–Crippen LogP) is 3.79. The highest BCUT2D eigenvalue weighted by molar-refractivity contribution is 5.95. The van der Waals surface area contributed by atoms with Crippen molar-refractivity contribution in [2.24, 2.45) is 0 Å². The summed E-state index contributed by atoms with van der Waals surface area (Å²) in [5, 5.41) is 1.000. The lowest BCUT2D eigenvalue weighted by molar-refractivity contribution is 0.0658. The number of rotatable bonds is 4. The Kier molecular flexibility index (Phi) is 3.68. The minimum absolute atomic E-state index is 0.108. The summed E-state index contributed by atoms with van der Waals surface area (Å²) in [6.45, 7) is 0. The number of benzene rings is 1. The third-order valence-electron chi connectivity index (χ3n) is 5.01. The van der Waals surface area contributed by atoms with Crippen molar-refractivity contribution in [2.75, 3.05) is 7.11 Å². The molecule has 0 saturated heterocycles. The summed E-state index contributed by atoms with van der Waals surface area (Å²) in [4.78, 5) is 19.8. The van der Waals surface area contributed by atoms with Crippen LogP contribution in [0, 0.1) is 0 Å². The highest BCUT2D eigenvalue weighted by Gasteiger charge is 2.39. The fourth-order valence-corrected chi connectivity index (χ4v) is 3.65. The summed E-state index contributed by atoms with van der Waals surface area (Å²) in [6.07, 6.45) is 7.07. The third kappa shape index (κ3) is 2.78. The van der Waals surface area contributed by atoms with E-state index in [2.05, 4.69) is 9.88 Å². The largest absolute Gasteiger partial charge is 0.497 e. The zero-order valence-corrected chi connectivity index (χ0v) is 13.5. The van der Waals surface area contributed by atoms with Crippen molar-refractivity contribution in [1.29, 1.82) is 0 Å². The van der Waals surface area contributed by atoms with Gasteiger partial charge in [0, 0.05) is 17.5 Å². The van der Waals surface area contributed by atoms with E-state index in [0.29, 0.717) is 17.8 Å². The van der Waals surface area contributed by atoms with Crippen LogP contribution < -0.4 is 4.74 Å². The van der Waals surface area contributed by atoms with E-state index in [1.54, 1.807) is 7.11 Å². The maximum Gasteiger partial charge on any atom is 0.272 e. The van der Waals surface area contributed by atoms with Gasteiger partial charge in [-0.3, -0.25) is 4.79 Å². The van der Waals surface area contributed by atoms with Gasteiger partial charge < -0.3 is 9.64 Å². The first-order chi connectivity index (χ1) is 11.3. The number of aromatic nitrogens is 1. The molecule has 0 N–H and O–H groups in total. The number of carbonyl (C=O) groups is 1. The van der Waals surface area contributed by atoms with Crippen molar-refractivity contribution in [2.45, 2.75) is 50.6 Å². The minimum atomic E-state index is 0.108. The van der Waals surface area contributed by atoms with Gasteiger partial charge in [0.05, 0.1) is 12.6 Å². The topological polar surface area (TPSA) is 42.4 Å². The maximum atomic E-state index is 13.0. The molecule has 1 aromatic carbocycles. The average Bonchev–Trinajstić information content (AvgIpc) is 3.27. The molecule has 4 rings (SSSR count). The zero-order chi connectivity index (χ0) is 15.8. The molecule has 2 aliphatic carbocycles. The molecule has 0 bridgehead atoms. The SMILES string of the molecule is COc1ccc2nc(C(=O)N(C3CCCC3)C3CC3)ccc2c1. The Balaban J connectivity index is 1.65. The highest BCUT2D eigenvalue weighted by Crippen LogP contribution is 2.35. The van der Waals surface area contributed by atoms with Gasteiger partial charge in [0.15, 0.2) is 0 Å². The Morgan fingerprint density at radius 1 is 1.09 bits per heavy atom. The van der Waals surface area contributed by atoms with E-state index in [1.807, 2.05) is 30.3 Å². The molecule has 0 atom stereocenters. The Bertz CT molecular complexity index is 733. The first-order valence-corrected chi connectivity index (χ1v) is 8.54. The number of amides is 1. The molecule has 2 aromatic rings. The lowest BCUT2D eigenvalue weighted by atomic mass is 10.1. The molecule has 0 unspecified atom stereocenters. The van der Waals surface area contributed by atoms with E-state index in [4.69, 9.17) is 4.74 Å². The summed E-state index contributed by atoms with van der Waals surface area (Å²) in [6, 6.07) is 10.4. The molecule has 2 saturated carbocycles. The second-order valence-corrected chi connectivity index (χ2v) is 6.64. The lowest BCUT2D eigenvalue weighted by Crippen LogP contribution is -2.40. The van der Waals surface area contributed by atoms with Crippen molar-refractivity contribution < 1.29 is 9.53 Å². The fourth-order valence-electron chi connectivity index (χ4n) is 3.65. The van der Waals surface area contributed by atoms with Crippen LogP contribution in [0.2, 0.25) is 0 Å². The number of carbonyl (C=O) groups excluding carboxylic acids is 1. The van der Waals surface area contributed by atoms with Gasteiger partial charge >= 0.3 is 0 Å². The van der Waals surface area contributed by atoms with E-state index < -0.39 is 0 Å². The average molecular weight is 310 g/mol. The molecule has 1 amide bonds. The van der Waals surface area contributed by atoms with E-state index in [9.17, 15) is 4.79 Å². The quantitative estimate of drug-likeness (QED) is 0.863. The van der Waals surface area contributed by atoms with Gasteiger partial charge in [0.25, 0.3) is 5.91 Å². The molecule has 120 valence electrons. The lowest BCUT2D eigenvalue weighted by Gasteiger charge is -2.28. The van der Waals surface area contributed by atoms with Gasteiger partial charge in [-0.25, -0.2) is 4.98 Å². The van der Waals surface area contributed by atoms with Crippen LogP contribution in [0.25, 0.3) is 10.9 Å². The number of nitrogens with zero attached hydrogens (tertiary/aromatic N) is 2. The molecular formula is C19H22N2O2. The summed E-state index contributed by atoms with van der Waals surface area (Å²) >= 11 is 0. The highest BCUT2D eigenvalue weighted by atomic mass is 16.5. The Hall–Kier alpha value is -2.10. The van der Waals surface area contributed by atoms with Crippen LogP contribution in [-0.2, 0) is 0 Å². The fraction of sp³-hybridized carbons (Fsp3) is 0.474. The van der Waals surface area contributed by atoms with Crippen LogP contribution in [0.5, 0.6) is 5.75 Å². The van der Waals surface area contributed by atoms with Gasteiger partial charge in [-0.15, -0.1) is 0 Å². The standard InChI is InChI=1S/C19H22N2O2/c1-23-16-9-11-17-13(12-16)6-10-18(20-17)19(22)21(15-7-8-15)14-4-2-3-5-14/h6,9-12,14-15H,2-5,7-8H2,1H3. The van der Waals surface area contributed by atoms with Crippen LogP contribution >= 0.6 is 0 Å². The zero-order valence-electron chi connectivity index (χ0n) is 13.5. The third-order valence-corrected chi connectivity index (χ3v) is 5.01. The van der Waals surface area contributed by atoms with Crippen LogP contribution in [0.3, 0.4) is 0 Å². The Labute approximate surface area is 136 Å². The van der Waals surface area contributed by atoms with Gasteiger partial charge in [-0.05, 0) is 49.9 Å². The summed E-state index contributed by atoms with van der Waals surface area (Å²) < 4.78 is 5.24. The summed E-state index contributed by atoms with van der Waals surface area (Å²) in [5.74, 6) is 0.918. The number of hydrogen-bond donors (Lipinski definition) is 0. The molecule has 2 aliphatic rings. The van der Waals surface area contributed by atoms with Crippen LogP contribution in [-0.4, -0.2) is 35.0 Å². The first-order valence-electron chi connectivity index (χ1n) is 8.54. The molecule has 0 aliphatic heterocycles. The predicted molar refractivity (Wildman–Crippen MR) is 89.7 cm³/mol. The summed E-state index contributed by atoms with van der Waals surface area (Å²) in [7, 11) is 1.65. The molecule has 1 aromatic heterocycles. The molecule has 2 fully saturated rings. The van der Waals surface area contributed by atoms with Crippen LogP contribution in [0.1, 0.15) is 49.0 Å². The van der Waals surface area contributed by atoms with Crippen molar-refractivity contribution in [1.82, 2.24) is 9.88 Å². The minimum Gasteiger partial charge on any atom is -0.497 e. The maximum absolute atomic E-state index is 13.0. The number of fused-ring (bicyclic) bond motifs is 1. The first kappa shape index (κ1) is 14.5. The van der Waals surface area contributed by atoms with E-state index in [0.717, 1.165) is 42.3 Å². The van der Waals surface area contributed by atoms with Crippen LogP contribution in [0.4, 0.5) is 0 Å². The number of methoxy groups -OCH3 is 1. The van der Waals surface area contributed by atoms with E-state index in [1.165, 1.54) is 12.8 Å². The molecule has 0 spiro atoms. The molecule has 0 radical (unpaired) electrons. The van der Waals surface area contributed by atoms with Crippen molar-refractivity contribution in [3.8, 4) is 5.75 Å². The normalized spacial score (nSPS) is 18.3. The van der Waals surface area contributed by atoms with Crippen molar-refractivity contribution >= 4 is 16.8 Å². The molecule has 23 heavy (non-hydrogen) atoms. The van der Waals surface area contributed by atoms with Gasteiger partial charge in [-0.2, -0.15) is 0 Å². The van der Waals surface area contributed by atoms with Gasteiger partial charge in [0.1, 0.15) is 11.4 Å². The molecule has 1 heterocycles. The number of pyridine rings is 1. The van der Waals surface area contributed by atoms with Gasteiger partial charge in [-0.1, -0.05) is 18.9 Å². The van der Waals surface area contributed by atoms with E-state index in [-0.39, 0.29) is 5.91 Å². The smallest absolute Gasteiger partial charge is 0.272 e. The van der Waals surface area contributed by atoms with Gasteiger partial charge in [0.2, 0.25) is 0 Å². The second-order valence-electron chi connectivity index (χ2n) is 6.64. The van der Waals surface area contributed by atoms with Crippen molar-refractivity contribution in [3.63, 3.8) is 0 Å². The Morgan fingerprint density at radius 3 is 2.52 bits per heavy atom. The van der Waals surface area contributed by atoms with E-state index >= 15 is 0 Å². The number of hydrogen-bond acceptors (Lipinski definition) is 3. The summed E-state index contributed by atoms with van der Waals surface area (Å²) in [5.41, 5.74) is 1.42. The monoisotopic (exact) mass is 310 g/mol.